The summed E-state index contributed by atoms with van der Waals surface area (Å²) in [5, 5.41) is 2.78. The molecule has 7 nitrogen and oxygen atoms in total. The van der Waals surface area contributed by atoms with Crippen LogP contribution in [0.15, 0.2) is 12.3 Å². The van der Waals surface area contributed by atoms with Gasteiger partial charge in [-0.1, -0.05) is 6.92 Å². The predicted octanol–water partition coefficient (Wildman–Crippen LogP) is 1.16. The smallest absolute Gasteiger partial charge is 0.270 e. The average Bonchev–Trinajstić information content (AvgIpc) is 2.93. The summed E-state index contributed by atoms with van der Waals surface area (Å²) >= 11 is 0. The number of nitrogens with zero attached hydrogens (tertiary/aromatic N) is 3. The Hall–Kier alpha value is -1.70. The molecule has 0 bridgehead atoms. The highest BCUT2D eigenvalue weighted by molar-refractivity contribution is 7.91. The highest BCUT2D eigenvalue weighted by Gasteiger charge is 2.30. The molecule has 1 N–H and O–H groups in total. The van der Waals surface area contributed by atoms with Gasteiger partial charge in [-0.05, 0) is 38.2 Å². The molecule has 2 aliphatic rings. The van der Waals surface area contributed by atoms with Gasteiger partial charge in [0.15, 0.2) is 9.84 Å². The first kappa shape index (κ1) is 17.1. The maximum Gasteiger partial charge on any atom is 0.270 e. The van der Waals surface area contributed by atoms with Crippen LogP contribution in [0.5, 0.6) is 0 Å². The second-order valence-electron chi connectivity index (χ2n) is 6.57. The lowest BCUT2D eigenvalue weighted by molar-refractivity contribution is 0.0936. The number of anilines is 1. The van der Waals surface area contributed by atoms with Crippen molar-refractivity contribution in [3.05, 3.63) is 18.0 Å². The standard InChI is InChI=1S/C16H24N4O3S/c1-2-13-5-3-4-9-20(13)16-17-8-6-14(19-16)15(21)18-12-7-10-24(22,23)11-12/h6,8,12-13H,2-5,7,9-11H2,1H3,(H,18,21). The van der Waals surface area contributed by atoms with Crippen molar-refractivity contribution in [2.75, 3.05) is 23.0 Å². The molecule has 24 heavy (non-hydrogen) atoms. The molecule has 0 saturated carbocycles. The fourth-order valence-corrected chi connectivity index (χ4v) is 5.14. The topological polar surface area (TPSA) is 92.3 Å². The monoisotopic (exact) mass is 352 g/mol. The Morgan fingerprint density at radius 3 is 2.92 bits per heavy atom. The van der Waals surface area contributed by atoms with E-state index in [-0.39, 0.29) is 23.5 Å². The van der Waals surface area contributed by atoms with Gasteiger partial charge in [-0.3, -0.25) is 4.79 Å². The Balaban J connectivity index is 1.71. The van der Waals surface area contributed by atoms with E-state index in [9.17, 15) is 13.2 Å². The molecule has 8 heteroatoms. The molecule has 3 heterocycles. The third kappa shape index (κ3) is 3.85. The number of aromatic nitrogens is 2. The molecule has 1 amide bonds. The van der Waals surface area contributed by atoms with E-state index in [1.54, 1.807) is 12.3 Å². The molecule has 2 aliphatic heterocycles. The lowest BCUT2D eigenvalue weighted by atomic mass is 10.0. The lowest BCUT2D eigenvalue weighted by Gasteiger charge is -2.35. The van der Waals surface area contributed by atoms with Gasteiger partial charge in [-0.25, -0.2) is 18.4 Å². The van der Waals surface area contributed by atoms with E-state index >= 15 is 0 Å². The molecule has 0 radical (unpaired) electrons. The zero-order valence-electron chi connectivity index (χ0n) is 13.9. The quantitative estimate of drug-likeness (QED) is 0.874. The first-order valence-electron chi connectivity index (χ1n) is 8.59. The van der Waals surface area contributed by atoms with Gasteiger partial charge in [-0.15, -0.1) is 0 Å². The maximum atomic E-state index is 12.4. The lowest BCUT2D eigenvalue weighted by Crippen LogP contribution is -2.41. The number of carbonyl (C=O) groups excluding carboxylic acids is 1. The summed E-state index contributed by atoms with van der Waals surface area (Å²) in [6.45, 7) is 3.06. The summed E-state index contributed by atoms with van der Waals surface area (Å²) in [6, 6.07) is 1.67. The number of carbonyl (C=O) groups is 1. The summed E-state index contributed by atoms with van der Waals surface area (Å²) in [4.78, 5) is 23.3. The normalized spacial score (nSPS) is 26.3. The van der Waals surface area contributed by atoms with E-state index < -0.39 is 9.84 Å². The van der Waals surface area contributed by atoms with Crippen LogP contribution in [0.25, 0.3) is 0 Å². The van der Waals surface area contributed by atoms with Crippen molar-refractivity contribution in [3.8, 4) is 0 Å². The highest BCUT2D eigenvalue weighted by Crippen LogP contribution is 2.23. The van der Waals surface area contributed by atoms with E-state index in [1.165, 1.54) is 6.42 Å². The number of sulfone groups is 1. The Labute approximate surface area is 142 Å². The van der Waals surface area contributed by atoms with Crippen molar-refractivity contribution < 1.29 is 13.2 Å². The SMILES string of the molecule is CCC1CCCCN1c1nccc(C(=O)NC2CCS(=O)(=O)C2)n1. The molecule has 0 aromatic carbocycles. The Morgan fingerprint density at radius 1 is 1.38 bits per heavy atom. The van der Waals surface area contributed by atoms with Gasteiger partial charge in [0.05, 0.1) is 11.5 Å². The summed E-state index contributed by atoms with van der Waals surface area (Å²) in [5.74, 6) is 0.415. The first-order valence-corrected chi connectivity index (χ1v) is 10.4. The van der Waals surface area contributed by atoms with Crippen molar-refractivity contribution in [1.82, 2.24) is 15.3 Å². The van der Waals surface area contributed by atoms with Gasteiger partial charge < -0.3 is 10.2 Å². The molecular weight excluding hydrogens is 328 g/mol. The number of hydrogen-bond acceptors (Lipinski definition) is 6. The van der Waals surface area contributed by atoms with Gasteiger partial charge in [0, 0.05) is 24.8 Å². The van der Waals surface area contributed by atoms with E-state index in [0.29, 0.717) is 24.1 Å². The van der Waals surface area contributed by atoms with E-state index in [2.05, 4.69) is 27.1 Å². The number of amides is 1. The Morgan fingerprint density at radius 2 is 2.21 bits per heavy atom. The number of nitrogens with one attached hydrogen (secondary N) is 1. The van der Waals surface area contributed by atoms with Crippen molar-refractivity contribution in [3.63, 3.8) is 0 Å². The zero-order valence-corrected chi connectivity index (χ0v) is 14.8. The van der Waals surface area contributed by atoms with Crippen LogP contribution in [0.1, 0.15) is 49.5 Å². The van der Waals surface area contributed by atoms with Crippen molar-refractivity contribution >= 4 is 21.7 Å². The minimum absolute atomic E-state index is 0.0146. The van der Waals surface area contributed by atoms with Crippen LogP contribution in [0.2, 0.25) is 0 Å². The predicted molar refractivity (Wildman–Crippen MR) is 91.8 cm³/mol. The highest BCUT2D eigenvalue weighted by atomic mass is 32.2. The molecule has 2 saturated heterocycles. The fourth-order valence-electron chi connectivity index (χ4n) is 3.47. The molecule has 132 valence electrons. The second-order valence-corrected chi connectivity index (χ2v) is 8.80. The van der Waals surface area contributed by atoms with Gasteiger partial charge in [0.1, 0.15) is 5.69 Å². The van der Waals surface area contributed by atoms with Crippen LogP contribution >= 0.6 is 0 Å². The molecule has 2 unspecified atom stereocenters. The Bertz CT molecular complexity index is 707. The van der Waals surface area contributed by atoms with E-state index in [4.69, 9.17) is 0 Å². The molecule has 0 aliphatic carbocycles. The van der Waals surface area contributed by atoms with Crippen LogP contribution in [0.4, 0.5) is 5.95 Å². The minimum Gasteiger partial charge on any atom is -0.347 e. The van der Waals surface area contributed by atoms with Crippen molar-refractivity contribution in [2.45, 2.75) is 51.1 Å². The molecule has 0 spiro atoms. The maximum absolute atomic E-state index is 12.4. The zero-order chi connectivity index (χ0) is 17.2. The number of hydrogen-bond donors (Lipinski definition) is 1. The van der Waals surface area contributed by atoms with Crippen molar-refractivity contribution in [1.29, 1.82) is 0 Å². The largest absolute Gasteiger partial charge is 0.347 e. The van der Waals surface area contributed by atoms with Gasteiger partial charge in [-0.2, -0.15) is 0 Å². The van der Waals surface area contributed by atoms with Gasteiger partial charge in [0.25, 0.3) is 5.91 Å². The molecule has 2 atom stereocenters. The van der Waals surface area contributed by atoms with E-state index in [0.717, 1.165) is 25.8 Å². The third-order valence-electron chi connectivity index (χ3n) is 4.80. The summed E-state index contributed by atoms with van der Waals surface area (Å²) in [5.41, 5.74) is 0.296. The van der Waals surface area contributed by atoms with Crippen LogP contribution in [-0.4, -0.2) is 54.4 Å². The van der Waals surface area contributed by atoms with Crippen molar-refractivity contribution in [2.24, 2.45) is 0 Å². The molecule has 2 fully saturated rings. The van der Waals surface area contributed by atoms with Crippen LogP contribution in [0.3, 0.4) is 0 Å². The Kier molecular flexibility index (Phi) is 5.03. The van der Waals surface area contributed by atoms with Crippen LogP contribution in [0, 0.1) is 0 Å². The minimum atomic E-state index is -3.01. The summed E-state index contributed by atoms with van der Waals surface area (Å²) in [6.07, 6.45) is 6.54. The molecule has 3 rings (SSSR count). The molecule has 1 aromatic rings. The molecule has 1 aromatic heterocycles. The second kappa shape index (κ2) is 7.04. The third-order valence-corrected chi connectivity index (χ3v) is 6.57. The van der Waals surface area contributed by atoms with Gasteiger partial charge >= 0.3 is 0 Å². The average molecular weight is 352 g/mol. The number of rotatable bonds is 4. The van der Waals surface area contributed by atoms with Gasteiger partial charge in [0.2, 0.25) is 5.95 Å². The summed E-state index contributed by atoms with van der Waals surface area (Å²) < 4.78 is 23.0. The first-order chi connectivity index (χ1) is 11.5. The molecular formula is C16H24N4O3S. The number of piperidine rings is 1. The van der Waals surface area contributed by atoms with Crippen LogP contribution < -0.4 is 10.2 Å². The summed E-state index contributed by atoms with van der Waals surface area (Å²) in [7, 11) is -3.01. The van der Waals surface area contributed by atoms with E-state index in [1.807, 2.05) is 0 Å². The fraction of sp³-hybridized carbons (Fsp3) is 0.688. The van der Waals surface area contributed by atoms with Crippen LogP contribution in [-0.2, 0) is 9.84 Å².